The lowest BCUT2D eigenvalue weighted by atomic mass is 10.0. The van der Waals surface area contributed by atoms with Crippen LogP contribution < -0.4 is 0 Å². The Morgan fingerprint density at radius 1 is 0.933 bits per heavy atom. The van der Waals surface area contributed by atoms with Crippen LogP contribution in [0.5, 0.6) is 0 Å². The molecular formula is C14H26S. The average molecular weight is 226 g/mol. The van der Waals surface area contributed by atoms with Gasteiger partial charge in [-0.3, -0.25) is 0 Å². The first kappa shape index (κ1) is 13.2. The molecule has 0 nitrogen and oxygen atoms in total. The number of hydrogen-bond donors (Lipinski definition) is 0. The Morgan fingerprint density at radius 2 is 1.53 bits per heavy atom. The zero-order valence-electron chi connectivity index (χ0n) is 10.3. The maximum atomic E-state index is 2.51. The number of hydrogen-bond acceptors (Lipinski definition) is 1. The molecule has 0 spiro atoms. The minimum absolute atomic E-state index is 1.24. The quantitative estimate of drug-likeness (QED) is 0.596. The van der Waals surface area contributed by atoms with E-state index in [1.165, 1.54) is 70.0 Å². The van der Waals surface area contributed by atoms with E-state index in [0.29, 0.717) is 0 Å². The van der Waals surface area contributed by atoms with E-state index in [4.69, 9.17) is 0 Å². The highest BCUT2D eigenvalue weighted by Crippen LogP contribution is 2.24. The van der Waals surface area contributed by atoms with Gasteiger partial charge in [0, 0.05) is 0 Å². The third kappa shape index (κ3) is 7.05. The van der Waals surface area contributed by atoms with Gasteiger partial charge in [0.05, 0.1) is 0 Å². The molecule has 0 saturated carbocycles. The molecule has 0 aromatic rings. The van der Waals surface area contributed by atoms with Crippen molar-refractivity contribution < 1.29 is 0 Å². The van der Waals surface area contributed by atoms with Crippen molar-refractivity contribution in [1.29, 1.82) is 0 Å². The normalized spacial score (nSPS) is 24.7. The summed E-state index contributed by atoms with van der Waals surface area (Å²) in [6.07, 6.45) is 16.8. The van der Waals surface area contributed by atoms with Gasteiger partial charge in [0.15, 0.2) is 0 Å². The zero-order valence-corrected chi connectivity index (χ0v) is 11.1. The molecule has 0 fully saturated rings. The van der Waals surface area contributed by atoms with Crippen molar-refractivity contribution in [2.45, 2.75) is 71.1 Å². The second-order valence-electron chi connectivity index (χ2n) is 4.47. The van der Waals surface area contributed by atoms with Crippen molar-refractivity contribution in [2.24, 2.45) is 0 Å². The summed E-state index contributed by atoms with van der Waals surface area (Å²) >= 11 is 2.06. The van der Waals surface area contributed by atoms with Gasteiger partial charge in [0.1, 0.15) is 0 Å². The molecule has 0 amide bonds. The molecule has 1 aliphatic rings. The Balaban J connectivity index is 2.31. The Labute approximate surface area is 99.9 Å². The lowest BCUT2D eigenvalue weighted by Gasteiger charge is -2.08. The lowest BCUT2D eigenvalue weighted by Crippen LogP contribution is -1.86. The van der Waals surface area contributed by atoms with Gasteiger partial charge < -0.3 is 0 Å². The van der Waals surface area contributed by atoms with Gasteiger partial charge in [-0.1, -0.05) is 51.5 Å². The van der Waals surface area contributed by atoms with Crippen LogP contribution in [0.1, 0.15) is 71.1 Å². The summed E-state index contributed by atoms with van der Waals surface area (Å²) in [5, 5.41) is 0. The number of thioether (sulfide) groups is 1. The first-order valence-electron chi connectivity index (χ1n) is 6.75. The molecule has 0 saturated heterocycles. The summed E-state index contributed by atoms with van der Waals surface area (Å²) in [5.74, 6) is 1.24. The van der Waals surface area contributed by atoms with Crippen molar-refractivity contribution in [2.75, 3.05) is 5.75 Å². The molecule has 1 rings (SSSR count). The topological polar surface area (TPSA) is 0 Å². The van der Waals surface area contributed by atoms with Gasteiger partial charge in [0.2, 0.25) is 0 Å². The second-order valence-corrected chi connectivity index (χ2v) is 5.86. The number of allylic oxidation sites excluding steroid dienone is 2. The van der Waals surface area contributed by atoms with Crippen LogP contribution in [0.3, 0.4) is 0 Å². The molecule has 0 bridgehead atoms. The summed E-state index contributed by atoms with van der Waals surface area (Å²) < 4.78 is 0. The molecule has 1 aliphatic carbocycles. The Kier molecular flexibility index (Phi) is 8.18. The molecule has 0 unspecified atom stereocenters. The second kappa shape index (κ2) is 9.33. The Bertz CT molecular complexity index is 172. The molecule has 15 heavy (non-hydrogen) atoms. The molecule has 0 atom stereocenters. The third-order valence-electron chi connectivity index (χ3n) is 3.08. The highest BCUT2D eigenvalue weighted by Gasteiger charge is 1.99. The van der Waals surface area contributed by atoms with Gasteiger partial charge >= 0.3 is 0 Å². The molecular weight excluding hydrogens is 200 g/mol. The first-order chi connectivity index (χ1) is 7.43. The predicted molar refractivity (Wildman–Crippen MR) is 72.4 cm³/mol. The highest BCUT2D eigenvalue weighted by molar-refractivity contribution is 8.03. The molecule has 0 aliphatic heterocycles. The summed E-state index contributed by atoms with van der Waals surface area (Å²) in [6, 6.07) is 0. The lowest BCUT2D eigenvalue weighted by molar-refractivity contribution is 0.565. The SMILES string of the molecule is CCS/C1=C/CCCCCCCCCC1. The minimum Gasteiger partial charge on any atom is -0.131 e. The molecule has 0 aromatic carbocycles. The smallest absolute Gasteiger partial charge is 0.00518 e. The fourth-order valence-corrected chi connectivity index (χ4v) is 3.08. The van der Waals surface area contributed by atoms with Crippen LogP contribution in [0, 0.1) is 0 Å². The third-order valence-corrected chi connectivity index (χ3v) is 4.11. The molecule has 0 heterocycles. The summed E-state index contributed by atoms with van der Waals surface area (Å²) in [5.41, 5.74) is 0. The minimum atomic E-state index is 1.24. The predicted octanol–water partition coefficient (Wildman–Crippen LogP) is 5.54. The van der Waals surface area contributed by atoms with Gasteiger partial charge in [0.25, 0.3) is 0 Å². The fraction of sp³-hybridized carbons (Fsp3) is 0.857. The summed E-state index contributed by atoms with van der Waals surface area (Å²) in [4.78, 5) is 1.66. The monoisotopic (exact) mass is 226 g/mol. The maximum Gasteiger partial charge on any atom is -0.00518 e. The van der Waals surface area contributed by atoms with Crippen LogP contribution in [-0.2, 0) is 0 Å². The van der Waals surface area contributed by atoms with Gasteiger partial charge in [-0.05, 0) is 36.3 Å². The van der Waals surface area contributed by atoms with Crippen LogP contribution in [0.25, 0.3) is 0 Å². The molecule has 1 heteroatoms. The van der Waals surface area contributed by atoms with E-state index < -0.39 is 0 Å². The molecule has 0 radical (unpaired) electrons. The molecule has 0 N–H and O–H groups in total. The van der Waals surface area contributed by atoms with Crippen molar-refractivity contribution >= 4 is 11.8 Å². The standard InChI is InChI=1S/C14H26S/c1-2-15-14-12-10-8-6-4-3-5-7-9-11-13-14/h12H,2-11,13H2,1H3/b14-12+. The van der Waals surface area contributed by atoms with Crippen molar-refractivity contribution in [3.8, 4) is 0 Å². The fourth-order valence-electron chi connectivity index (χ4n) is 2.19. The van der Waals surface area contributed by atoms with Crippen LogP contribution >= 0.6 is 11.8 Å². The average Bonchev–Trinajstić information content (AvgIpc) is 2.22. The number of rotatable bonds is 2. The van der Waals surface area contributed by atoms with Crippen LogP contribution in [0.4, 0.5) is 0 Å². The Hall–Kier alpha value is 0.0900. The Morgan fingerprint density at radius 3 is 2.20 bits per heavy atom. The van der Waals surface area contributed by atoms with Gasteiger partial charge in [-0.15, -0.1) is 11.8 Å². The van der Waals surface area contributed by atoms with E-state index >= 15 is 0 Å². The van der Waals surface area contributed by atoms with E-state index in [0.717, 1.165) is 0 Å². The largest absolute Gasteiger partial charge is 0.131 e. The van der Waals surface area contributed by atoms with E-state index in [-0.39, 0.29) is 0 Å². The van der Waals surface area contributed by atoms with E-state index in [2.05, 4.69) is 24.8 Å². The van der Waals surface area contributed by atoms with Crippen LogP contribution in [-0.4, -0.2) is 5.75 Å². The summed E-state index contributed by atoms with van der Waals surface area (Å²) in [7, 11) is 0. The first-order valence-corrected chi connectivity index (χ1v) is 7.74. The highest BCUT2D eigenvalue weighted by atomic mass is 32.2. The van der Waals surface area contributed by atoms with E-state index in [1.54, 1.807) is 4.91 Å². The maximum absolute atomic E-state index is 2.51. The van der Waals surface area contributed by atoms with Gasteiger partial charge in [-0.25, -0.2) is 0 Å². The van der Waals surface area contributed by atoms with Gasteiger partial charge in [-0.2, -0.15) is 0 Å². The van der Waals surface area contributed by atoms with Crippen molar-refractivity contribution in [1.82, 2.24) is 0 Å². The molecule has 0 aromatic heterocycles. The van der Waals surface area contributed by atoms with E-state index in [1.807, 2.05) is 0 Å². The summed E-state index contributed by atoms with van der Waals surface area (Å²) in [6.45, 7) is 2.27. The zero-order chi connectivity index (χ0) is 10.8. The molecule has 88 valence electrons. The van der Waals surface area contributed by atoms with E-state index in [9.17, 15) is 0 Å². The van der Waals surface area contributed by atoms with Crippen molar-refractivity contribution in [3.63, 3.8) is 0 Å². The van der Waals surface area contributed by atoms with Crippen LogP contribution in [0.15, 0.2) is 11.0 Å². The van der Waals surface area contributed by atoms with Crippen LogP contribution in [0.2, 0.25) is 0 Å². The van der Waals surface area contributed by atoms with Crippen molar-refractivity contribution in [3.05, 3.63) is 11.0 Å².